The van der Waals surface area contributed by atoms with Crippen LogP contribution >= 0.6 is 0 Å². The van der Waals surface area contributed by atoms with Gasteiger partial charge in [-0.25, -0.2) is 0 Å². The number of quaternary nitrogens is 1. The van der Waals surface area contributed by atoms with Gasteiger partial charge in [0.15, 0.2) is 0 Å². The van der Waals surface area contributed by atoms with Crippen molar-refractivity contribution in [1.82, 2.24) is 0 Å². The molecular formula is C19H38NO3+. The fraction of sp³-hybridized carbons (Fsp3) is 0.947. The van der Waals surface area contributed by atoms with Crippen LogP contribution in [-0.4, -0.2) is 54.4 Å². The summed E-state index contributed by atoms with van der Waals surface area (Å²) in [6.07, 6.45) is 6.22. The second kappa shape index (κ2) is 9.03. The summed E-state index contributed by atoms with van der Waals surface area (Å²) in [7, 11) is 2.19. The van der Waals surface area contributed by atoms with Gasteiger partial charge in [0, 0.05) is 0 Å². The maximum Gasteiger partial charge on any atom is 0.312 e. The molecule has 0 bridgehead atoms. The van der Waals surface area contributed by atoms with Crippen molar-refractivity contribution in [3.8, 4) is 0 Å². The maximum absolute atomic E-state index is 12.7. The molecule has 1 aliphatic carbocycles. The van der Waals surface area contributed by atoms with Gasteiger partial charge in [0.2, 0.25) is 0 Å². The van der Waals surface area contributed by atoms with E-state index in [-0.39, 0.29) is 17.8 Å². The van der Waals surface area contributed by atoms with E-state index in [0.29, 0.717) is 13.0 Å². The lowest BCUT2D eigenvalue weighted by atomic mass is 9.71. The molecule has 2 atom stereocenters. The fourth-order valence-electron chi connectivity index (χ4n) is 3.64. The molecule has 4 heteroatoms. The highest BCUT2D eigenvalue weighted by Crippen LogP contribution is 2.38. The van der Waals surface area contributed by atoms with Crippen molar-refractivity contribution >= 4 is 5.97 Å². The molecule has 0 aliphatic heterocycles. The molecule has 0 heterocycles. The van der Waals surface area contributed by atoms with Gasteiger partial charge in [-0.2, -0.15) is 0 Å². The van der Waals surface area contributed by atoms with Gasteiger partial charge in [0.1, 0.15) is 13.2 Å². The van der Waals surface area contributed by atoms with Crippen LogP contribution < -0.4 is 0 Å². The average molecular weight is 329 g/mol. The number of hydrogen-bond acceptors (Lipinski definition) is 3. The highest BCUT2D eigenvalue weighted by Gasteiger charge is 2.43. The van der Waals surface area contributed by atoms with E-state index < -0.39 is 5.60 Å². The molecule has 0 spiro atoms. The Morgan fingerprint density at radius 1 is 1.22 bits per heavy atom. The van der Waals surface area contributed by atoms with Gasteiger partial charge in [0.25, 0.3) is 0 Å². The van der Waals surface area contributed by atoms with E-state index in [9.17, 15) is 9.90 Å². The Hall–Kier alpha value is -0.610. The summed E-state index contributed by atoms with van der Waals surface area (Å²) < 4.78 is 6.54. The van der Waals surface area contributed by atoms with Gasteiger partial charge < -0.3 is 14.3 Å². The third-order valence-corrected chi connectivity index (χ3v) is 6.16. The monoisotopic (exact) mass is 328 g/mol. The fourth-order valence-corrected chi connectivity index (χ4v) is 3.64. The van der Waals surface area contributed by atoms with E-state index in [1.807, 2.05) is 6.92 Å². The predicted octanol–water partition coefficient (Wildman–Crippen LogP) is 3.37. The van der Waals surface area contributed by atoms with Crippen molar-refractivity contribution in [2.75, 3.05) is 33.3 Å². The van der Waals surface area contributed by atoms with Crippen LogP contribution in [0.25, 0.3) is 0 Å². The number of ether oxygens (including phenoxy) is 1. The average Bonchev–Trinajstić information content (AvgIpc) is 2.55. The summed E-state index contributed by atoms with van der Waals surface area (Å²) in [5.74, 6) is -0.304. The molecule has 0 radical (unpaired) electrons. The zero-order valence-electron chi connectivity index (χ0n) is 15.9. The standard InChI is InChI=1S/C19H38NO3/c1-6-19(4,22)17(16-12-10-9-11-13-16)18(21)23-15-14-20(5,7-2)8-3/h16-17,22H,6-15H2,1-5H3/q+1. The topological polar surface area (TPSA) is 46.5 Å². The lowest BCUT2D eigenvalue weighted by Crippen LogP contribution is -2.48. The molecule has 1 saturated carbocycles. The minimum absolute atomic E-state index is 0.192. The van der Waals surface area contributed by atoms with Crippen molar-refractivity contribution in [2.45, 2.75) is 71.8 Å². The molecule has 0 aromatic carbocycles. The first-order valence-corrected chi connectivity index (χ1v) is 9.52. The highest BCUT2D eigenvalue weighted by molar-refractivity contribution is 5.74. The van der Waals surface area contributed by atoms with Crippen molar-refractivity contribution in [3.05, 3.63) is 0 Å². The molecule has 2 unspecified atom stereocenters. The van der Waals surface area contributed by atoms with Crippen LogP contribution in [0.4, 0.5) is 0 Å². The van der Waals surface area contributed by atoms with Crippen LogP contribution in [0.2, 0.25) is 0 Å². The Kier molecular flexibility index (Phi) is 8.02. The zero-order chi connectivity index (χ0) is 17.5. The minimum atomic E-state index is -0.966. The lowest BCUT2D eigenvalue weighted by molar-refractivity contribution is -0.906. The first-order chi connectivity index (χ1) is 10.8. The highest BCUT2D eigenvalue weighted by atomic mass is 16.5. The third-order valence-electron chi connectivity index (χ3n) is 6.16. The van der Waals surface area contributed by atoms with Crippen molar-refractivity contribution in [2.24, 2.45) is 11.8 Å². The van der Waals surface area contributed by atoms with E-state index in [0.717, 1.165) is 49.8 Å². The third kappa shape index (κ3) is 5.75. The second-order valence-corrected chi connectivity index (χ2v) is 7.73. The number of esters is 1. The van der Waals surface area contributed by atoms with Gasteiger partial charge in [-0.3, -0.25) is 4.79 Å². The summed E-state index contributed by atoms with van der Waals surface area (Å²) in [5.41, 5.74) is -0.966. The number of rotatable bonds is 9. The normalized spacial score (nSPS) is 20.8. The molecule has 1 aliphatic rings. The van der Waals surface area contributed by atoms with E-state index in [2.05, 4.69) is 20.9 Å². The van der Waals surface area contributed by atoms with Crippen LogP contribution in [0.15, 0.2) is 0 Å². The molecule has 1 N–H and O–H groups in total. The quantitative estimate of drug-likeness (QED) is 0.521. The molecule has 0 aromatic heterocycles. The molecule has 0 amide bonds. The van der Waals surface area contributed by atoms with Crippen LogP contribution in [0.3, 0.4) is 0 Å². The summed E-state index contributed by atoms with van der Waals surface area (Å²) >= 11 is 0. The first-order valence-electron chi connectivity index (χ1n) is 9.52. The number of carbonyl (C=O) groups is 1. The number of nitrogens with zero attached hydrogens (tertiary/aromatic N) is 1. The van der Waals surface area contributed by atoms with Crippen LogP contribution in [0, 0.1) is 11.8 Å². The molecule has 0 aromatic rings. The van der Waals surface area contributed by atoms with Crippen LogP contribution in [-0.2, 0) is 9.53 Å². The number of aliphatic hydroxyl groups is 1. The second-order valence-electron chi connectivity index (χ2n) is 7.73. The molecule has 23 heavy (non-hydrogen) atoms. The SMILES string of the molecule is CCC(C)(O)C(C(=O)OCC[N+](C)(CC)CC)C1CCCCC1. The first kappa shape index (κ1) is 20.4. The molecule has 136 valence electrons. The number of likely N-dealkylation sites (N-methyl/N-ethyl adjacent to an activating group) is 1. The summed E-state index contributed by atoms with van der Waals surface area (Å²) in [6, 6.07) is 0. The summed E-state index contributed by atoms with van der Waals surface area (Å²) in [6.45, 7) is 11.4. The Balaban J connectivity index is 2.68. The predicted molar refractivity (Wildman–Crippen MR) is 94.1 cm³/mol. The minimum Gasteiger partial charge on any atom is -0.459 e. The van der Waals surface area contributed by atoms with Crippen molar-refractivity contribution < 1.29 is 19.1 Å². The van der Waals surface area contributed by atoms with Gasteiger partial charge in [0.05, 0.1) is 31.7 Å². The van der Waals surface area contributed by atoms with E-state index in [1.54, 1.807) is 6.92 Å². The Morgan fingerprint density at radius 3 is 2.26 bits per heavy atom. The van der Waals surface area contributed by atoms with Crippen LogP contribution in [0.5, 0.6) is 0 Å². The smallest absolute Gasteiger partial charge is 0.312 e. The van der Waals surface area contributed by atoms with Gasteiger partial charge in [-0.15, -0.1) is 0 Å². The summed E-state index contributed by atoms with van der Waals surface area (Å²) in [4.78, 5) is 12.7. The van der Waals surface area contributed by atoms with Crippen molar-refractivity contribution in [1.29, 1.82) is 0 Å². The van der Waals surface area contributed by atoms with Gasteiger partial charge in [-0.05, 0) is 46.0 Å². The maximum atomic E-state index is 12.7. The number of hydrogen-bond donors (Lipinski definition) is 1. The lowest BCUT2D eigenvalue weighted by Gasteiger charge is -2.38. The molecule has 1 rings (SSSR count). The Labute approximate surface area is 142 Å². The van der Waals surface area contributed by atoms with Crippen LogP contribution in [0.1, 0.15) is 66.2 Å². The molecule has 4 nitrogen and oxygen atoms in total. The Morgan fingerprint density at radius 2 is 1.78 bits per heavy atom. The van der Waals surface area contributed by atoms with E-state index in [4.69, 9.17) is 4.74 Å². The van der Waals surface area contributed by atoms with E-state index in [1.165, 1.54) is 6.42 Å². The van der Waals surface area contributed by atoms with Gasteiger partial charge in [-0.1, -0.05) is 26.2 Å². The van der Waals surface area contributed by atoms with E-state index >= 15 is 0 Å². The van der Waals surface area contributed by atoms with Gasteiger partial charge >= 0.3 is 5.97 Å². The molecular weight excluding hydrogens is 290 g/mol. The molecule has 1 fully saturated rings. The largest absolute Gasteiger partial charge is 0.459 e. The van der Waals surface area contributed by atoms with Crippen molar-refractivity contribution in [3.63, 3.8) is 0 Å². The number of carbonyl (C=O) groups excluding carboxylic acids is 1. The zero-order valence-corrected chi connectivity index (χ0v) is 15.9. The summed E-state index contributed by atoms with van der Waals surface area (Å²) in [5, 5.41) is 10.8. The Bertz CT molecular complexity index is 358. The molecule has 0 saturated heterocycles.